The van der Waals surface area contributed by atoms with Crippen LogP contribution in [0.3, 0.4) is 0 Å². The summed E-state index contributed by atoms with van der Waals surface area (Å²) >= 11 is 9.14. The van der Waals surface area contributed by atoms with Crippen LogP contribution in [0.4, 0.5) is 5.82 Å². The number of hydrogen-bond donors (Lipinski definition) is 0. The van der Waals surface area contributed by atoms with E-state index in [-0.39, 0.29) is 0 Å². The van der Waals surface area contributed by atoms with Gasteiger partial charge in [0.05, 0.1) is 0 Å². The van der Waals surface area contributed by atoms with E-state index >= 15 is 0 Å². The van der Waals surface area contributed by atoms with Crippen LogP contribution in [0.2, 0.25) is 5.15 Å². The van der Waals surface area contributed by atoms with Gasteiger partial charge < -0.3 is 0 Å². The number of halogens is 1. The van der Waals surface area contributed by atoms with E-state index in [1.807, 2.05) is 18.6 Å². The van der Waals surface area contributed by atoms with Crippen molar-refractivity contribution < 1.29 is 0 Å². The van der Waals surface area contributed by atoms with Crippen molar-refractivity contribution in [3.8, 4) is 0 Å². The minimum absolute atomic E-state index is 0.559. The van der Waals surface area contributed by atoms with E-state index in [1.165, 1.54) is 6.33 Å². The molecule has 16 heavy (non-hydrogen) atoms. The highest BCUT2D eigenvalue weighted by Crippen LogP contribution is 2.24. The maximum Gasteiger partial charge on any atom is 0.181 e. The fraction of sp³-hybridized carbons (Fsp3) is 0.222. The lowest BCUT2D eigenvalue weighted by atomic mass is 10.5. The second kappa shape index (κ2) is 5.07. The molecule has 7 heteroatoms. The van der Waals surface area contributed by atoms with Crippen LogP contribution in [0.1, 0.15) is 0 Å². The van der Waals surface area contributed by atoms with Crippen LogP contribution in [-0.4, -0.2) is 31.5 Å². The largest absolute Gasteiger partial charge is 0.217 e. The summed E-state index contributed by atoms with van der Waals surface area (Å²) in [5, 5.41) is 4.61. The number of aromatic nitrogens is 3. The Hall–Kier alpha value is -0.720. The Kier molecular flexibility index (Phi) is 3.73. The highest BCUT2D eigenvalue weighted by atomic mass is 35.5. The third kappa shape index (κ3) is 2.18. The van der Waals surface area contributed by atoms with Crippen LogP contribution in [0.25, 0.3) is 5.52 Å². The quantitative estimate of drug-likeness (QED) is 0.591. The van der Waals surface area contributed by atoms with Gasteiger partial charge in [0, 0.05) is 0 Å². The van der Waals surface area contributed by atoms with Gasteiger partial charge in [-0.25, -0.2) is 14.5 Å². The van der Waals surface area contributed by atoms with Crippen molar-refractivity contribution in [1.29, 1.82) is 0 Å². The van der Waals surface area contributed by atoms with Crippen molar-refractivity contribution in [3.05, 3.63) is 23.6 Å². The first-order valence-electron chi connectivity index (χ1n) is 4.41. The maximum absolute atomic E-state index is 5.96. The molecule has 0 bridgehead atoms. The predicted octanol–water partition coefficient (Wildman–Crippen LogP) is 3.10. The normalized spacial score (nSPS) is 10.7. The lowest BCUT2D eigenvalue weighted by Crippen LogP contribution is -1.93. The predicted molar refractivity (Wildman–Crippen MR) is 72.1 cm³/mol. The Labute approximate surface area is 106 Å². The van der Waals surface area contributed by atoms with Gasteiger partial charge in [-0.3, -0.25) is 0 Å². The van der Waals surface area contributed by atoms with Crippen LogP contribution in [-0.2, 0) is 0 Å². The number of aliphatic imine (C=N–C) groups is 1. The molecule has 0 fully saturated rings. The number of fused-ring (bicyclic) bond motifs is 1. The number of thioether (sulfide) groups is 2. The summed E-state index contributed by atoms with van der Waals surface area (Å²) in [6.07, 6.45) is 5.42. The van der Waals surface area contributed by atoms with Crippen LogP contribution in [0.5, 0.6) is 0 Å². The van der Waals surface area contributed by atoms with Gasteiger partial charge >= 0.3 is 0 Å². The molecule has 0 atom stereocenters. The van der Waals surface area contributed by atoms with Crippen LogP contribution in [0.15, 0.2) is 23.5 Å². The maximum atomic E-state index is 5.96. The zero-order valence-electron chi connectivity index (χ0n) is 8.72. The van der Waals surface area contributed by atoms with E-state index in [0.29, 0.717) is 11.0 Å². The fourth-order valence-corrected chi connectivity index (χ4v) is 2.46. The first-order valence-corrected chi connectivity index (χ1v) is 7.24. The van der Waals surface area contributed by atoms with Gasteiger partial charge in [0.2, 0.25) is 0 Å². The molecule has 0 spiro atoms. The minimum atomic E-state index is 0.559. The van der Waals surface area contributed by atoms with Crippen molar-refractivity contribution in [3.63, 3.8) is 0 Å². The molecule has 0 N–H and O–H groups in total. The van der Waals surface area contributed by atoms with Crippen molar-refractivity contribution >= 4 is 50.8 Å². The van der Waals surface area contributed by atoms with Crippen molar-refractivity contribution in [1.82, 2.24) is 14.6 Å². The second-order valence-electron chi connectivity index (χ2n) is 2.82. The van der Waals surface area contributed by atoms with Gasteiger partial charge in [-0.15, -0.1) is 23.5 Å². The zero-order chi connectivity index (χ0) is 11.5. The summed E-state index contributed by atoms with van der Waals surface area (Å²) in [6.45, 7) is 0. The summed E-state index contributed by atoms with van der Waals surface area (Å²) in [5.74, 6) is 0.639. The van der Waals surface area contributed by atoms with Crippen molar-refractivity contribution in [2.75, 3.05) is 12.5 Å². The molecule has 0 aliphatic rings. The molecule has 0 unspecified atom stereocenters. The summed E-state index contributed by atoms with van der Waals surface area (Å²) < 4.78 is 2.57. The van der Waals surface area contributed by atoms with E-state index < -0.39 is 0 Å². The molecular formula is C9H9ClN4S2. The summed E-state index contributed by atoms with van der Waals surface area (Å²) in [7, 11) is 0. The topological polar surface area (TPSA) is 42.5 Å². The molecule has 4 nitrogen and oxygen atoms in total. The monoisotopic (exact) mass is 272 g/mol. The molecule has 0 aliphatic carbocycles. The number of hydrogen-bond acceptors (Lipinski definition) is 5. The van der Waals surface area contributed by atoms with Gasteiger partial charge in [0.1, 0.15) is 21.4 Å². The third-order valence-electron chi connectivity index (χ3n) is 1.93. The highest BCUT2D eigenvalue weighted by Gasteiger charge is 2.06. The van der Waals surface area contributed by atoms with E-state index in [1.54, 1.807) is 34.1 Å². The Morgan fingerprint density at radius 2 is 2.12 bits per heavy atom. The minimum Gasteiger partial charge on any atom is -0.217 e. The van der Waals surface area contributed by atoms with Crippen LogP contribution < -0.4 is 0 Å². The van der Waals surface area contributed by atoms with E-state index in [0.717, 1.165) is 9.89 Å². The van der Waals surface area contributed by atoms with Crippen molar-refractivity contribution in [2.24, 2.45) is 4.99 Å². The van der Waals surface area contributed by atoms with Gasteiger partial charge in [0.25, 0.3) is 0 Å². The van der Waals surface area contributed by atoms with Crippen molar-refractivity contribution in [2.45, 2.75) is 0 Å². The smallest absolute Gasteiger partial charge is 0.181 e. The Morgan fingerprint density at radius 3 is 2.81 bits per heavy atom. The summed E-state index contributed by atoms with van der Waals surface area (Å²) in [4.78, 5) is 8.60. The molecular weight excluding hydrogens is 264 g/mol. The molecule has 0 radical (unpaired) electrons. The van der Waals surface area contributed by atoms with Gasteiger partial charge in [0.15, 0.2) is 5.82 Å². The lowest BCUT2D eigenvalue weighted by molar-refractivity contribution is 0.904. The molecule has 84 valence electrons. The van der Waals surface area contributed by atoms with Gasteiger partial charge in [-0.1, -0.05) is 11.6 Å². The Morgan fingerprint density at radius 1 is 1.38 bits per heavy atom. The first-order chi connectivity index (χ1) is 7.76. The molecule has 2 aromatic heterocycles. The average molecular weight is 273 g/mol. The van der Waals surface area contributed by atoms with E-state index in [4.69, 9.17) is 11.6 Å². The first kappa shape index (κ1) is 11.8. The number of rotatable bonds is 1. The van der Waals surface area contributed by atoms with Crippen LogP contribution >= 0.6 is 35.1 Å². The molecule has 2 aromatic rings. The zero-order valence-corrected chi connectivity index (χ0v) is 11.1. The molecule has 0 aromatic carbocycles. The summed E-state index contributed by atoms with van der Waals surface area (Å²) in [5.41, 5.74) is 0.813. The standard InChI is InChI=1S/C9H9ClN4S2/c1-15-9(16-2)13-8-6-3-4-7(10)14(6)12-5-11-8/h3-5H,1-2H3. The lowest BCUT2D eigenvalue weighted by Gasteiger charge is -2.00. The highest BCUT2D eigenvalue weighted by molar-refractivity contribution is 8.38. The molecule has 0 saturated heterocycles. The third-order valence-corrected chi connectivity index (χ3v) is 4.10. The van der Waals surface area contributed by atoms with Gasteiger partial charge in [-0.2, -0.15) is 5.10 Å². The Balaban J connectivity index is 2.56. The van der Waals surface area contributed by atoms with Gasteiger partial charge in [-0.05, 0) is 24.6 Å². The fourth-order valence-electron chi connectivity index (χ4n) is 1.24. The van der Waals surface area contributed by atoms with E-state index in [9.17, 15) is 0 Å². The SMILES string of the molecule is CSC(=Nc1ncnn2c(Cl)ccc12)SC. The average Bonchev–Trinajstić information content (AvgIpc) is 2.69. The molecule has 2 rings (SSSR count). The molecule has 0 amide bonds. The summed E-state index contributed by atoms with van der Waals surface area (Å²) in [6, 6.07) is 3.64. The van der Waals surface area contributed by atoms with Crippen LogP contribution in [0, 0.1) is 0 Å². The number of nitrogens with zero attached hydrogens (tertiary/aromatic N) is 4. The molecule has 0 saturated carbocycles. The molecule has 0 aliphatic heterocycles. The second-order valence-corrected chi connectivity index (χ2v) is 5.06. The van der Waals surface area contributed by atoms with E-state index in [2.05, 4.69) is 15.1 Å². The molecule has 2 heterocycles. The Bertz CT molecular complexity index is 531.